The first-order chi connectivity index (χ1) is 9.36. The van der Waals surface area contributed by atoms with Crippen molar-refractivity contribution in [1.29, 1.82) is 0 Å². The van der Waals surface area contributed by atoms with Gasteiger partial charge < -0.3 is 9.88 Å². The van der Waals surface area contributed by atoms with Gasteiger partial charge >= 0.3 is 0 Å². The van der Waals surface area contributed by atoms with Crippen molar-refractivity contribution < 1.29 is 4.79 Å². The monoisotopic (exact) mass is 374 g/mol. The Kier molecular flexibility index (Phi) is 4.78. The van der Waals surface area contributed by atoms with Gasteiger partial charge in [0.05, 0.1) is 0 Å². The van der Waals surface area contributed by atoms with E-state index < -0.39 is 0 Å². The number of halogens is 3. The molecule has 0 aliphatic carbocycles. The number of carbonyl (C=O) groups excluding carboxylic acids is 1. The van der Waals surface area contributed by atoms with Crippen molar-refractivity contribution in [3.05, 3.63) is 50.7 Å². The van der Waals surface area contributed by atoms with E-state index in [1.807, 2.05) is 24.6 Å². The van der Waals surface area contributed by atoms with E-state index in [4.69, 9.17) is 23.2 Å². The number of aromatic nitrogens is 1. The van der Waals surface area contributed by atoms with Crippen LogP contribution in [0, 0.1) is 0 Å². The summed E-state index contributed by atoms with van der Waals surface area (Å²) in [6, 6.07) is 6.89. The average Bonchev–Trinajstić information content (AvgIpc) is 2.70. The van der Waals surface area contributed by atoms with E-state index >= 15 is 0 Å². The van der Waals surface area contributed by atoms with Crippen LogP contribution in [0.1, 0.15) is 30.4 Å². The molecule has 0 saturated heterocycles. The maximum Gasteiger partial charge on any atom is 0.272 e. The number of rotatable bonds is 3. The second kappa shape index (κ2) is 6.20. The molecule has 1 heterocycles. The highest BCUT2D eigenvalue weighted by atomic mass is 79.9. The van der Waals surface area contributed by atoms with Crippen LogP contribution in [0.5, 0.6) is 0 Å². The number of nitrogens with one attached hydrogen (secondary N) is 1. The van der Waals surface area contributed by atoms with Crippen molar-refractivity contribution in [1.82, 2.24) is 4.57 Å². The van der Waals surface area contributed by atoms with E-state index in [0.717, 1.165) is 4.47 Å². The van der Waals surface area contributed by atoms with Gasteiger partial charge in [-0.15, -0.1) is 0 Å². The molecule has 106 valence electrons. The fraction of sp³-hybridized carbons (Fsp3) is 0.214. The third kappa shape index (κ3) is 3.57. The second-order valence-corrected chi connectivity index (χ2v) is 6.45. The van der Waals surface area contributed by atoms with Crippen LogP contribution in [0.25, 0.3) is 0 Å². The van der Waals surface area contributed by atoms with Crippen LogP contribution in [-0.2, 0) is 0 Å². The molecule has 1 aromatic carbocycles. The molecule has 0 spiro atoms. The van der Waals surface area contributed by atoms with Gasteiger partial charge in [0.15, 0.2) is 0 Å². The Hall–Kier alpha value is -0.970. The summed E-state index contributed by atoms with van der Waals surface area (Å²) in [7, 11) is 0. The first-order valence-electron chi connectivity index (χ1n) is 6.01. The summed E-state index contributed by atoms with van der Waals surface area (Å²) in [5.41, 5.74) is 1.14. The van der Waals surface area contributed by atoms with Gasteiger partial charge in [-0.1, -0.05) is 23.2 Å². The lowest BCUT2D eigenvalue weighted by atomic mass is 10.3. The Balaban J connectivity index is 2.28. The number of anilines is 1. The van der Waals surface area contributed by atoms with Crippen LogP contribution in [0.15, 0.2) is 34.9 Å². The van der Waals surface area contributed by atoms with Crippen LogP contribution in [0.3, 0.4) is 0 Å². The van der Waals surface area contributed by atoms with Crippen molar-refractivity contribution in [3.63, 3.8) is 0 Å². The molecule has 0 unspecified atom stereocenters. The first kappa shape index (κ1) is 15.4. The molecule has 0 atom stereocenters. The van der Waals surface area contributed by atoms with Gasteiger partial charge in [0.1, 0.15) is 5.69 Å². The third-order valence-electron chi connectivity index (χ3n) is 2.72. The van der Waals surface area contributed by atoms with Crippen molar-refractivity contribution in [3.8, 4) is 0 Å². The smallest absolute Gasteiger partial charge is 0.272 e. The molecule has 2 rings (SSSR count). The van der Waals surface area contributed by atoms with Gasteiger partial charge in [-0.2, -0.15) is 0 Å². The van der Waals surface area contributed by atoms with Gasteiger partial charge in [0.2, 0.25) is 0 Å². The topological polar surface area (TPSA) is 34.0 Å². The van der Waals surface area contributed by atoms with Crippen LogP contribution in [-0.4, -0.2) is 10.5 Å². The summed E-state index contributed by atoms with van der Waals surface area (Å²) in [4.78, 5) is 12.3. The van der Waals surface area contributed by atoms with Crippen molar-refractivity contribution in [2.45, 2.75) is 19.9 Å². The van der Waals surface area contributed by atoms with Crippen LogP contribution in [0.4, 0.5) is 5.69 Å². The van der Waals surface area contributed by atoms with Crippen LogP contribution in [0.2, 0.25) is 10.0 Å². The van der Waals surface area contributed by atoms with Crippen LogP contribution < -0.4 is 5.32 Å². The predicted octanol–water partition coefficient (Wildman–Crippen LogP) is 5.39. The summed E-state index contributed by atoms with van der Waals surface area (Å²) < 4.78 is 2.76. The Labute approximate surface area is 136 Å². The maximum absolute atomic E-state index is 12.3. The molecule has 3 nitrogen and oxygen atoms in total. The number of amides is 1. The fourth-order valence-corrected chi connectivity index (χ4v) is 2.84. The van der Waals surface area contributed by atoms with Crippen molar-refractivity contribution in [2.75, 3.05) is 5.32 Å². The molecule has 0 bridgehead atoms. The Bertz CT molecular complexity index is 632. The fourth-order valence-electron chi connectivity index (χ4n) is 1.88. The zero-order valence-electron chi connectivity index (χ0n) is 11.0. The molecule has 0 aliphatic rings. The number of nitrogens with zero attached hydrogens (tertiary/aromatic N) is 1. The minimum Gasteiger partial charge on any atom is -0.340 e. The normalized spacial score (nSPS) is 10.9. The van der Waals surface area contributed by atoms with Gasteiger partial charge in [0, 0.05) is 32.4 Å². The molecule has 1 aromatic heterocycles. The molecule has 0 radical (unpaired) electrons. The summed E-state index contributed by atoms with van der Waals surface area (Å²) >= 11 is 15.2. The van der Waals surface area contributed by atoms with Gasteiger partial charge in [0.25, 0.3) is 5.91 Å². The third-order valence-corrected chi connectivity index (χ3v) is 3.59. The summed E-state index contributed by atoms with van der Waals surface area (Å²) in [6.45, 7) is 4.03. The molecular weight excluding hydrogens is 363 g/mol. The predicted molar refractivity (Wildman–Crippen MR) is 86.9 cm³/mol. The molecule has 1 amide bonds. The van der Waals surface area contributed by atoms with Crippen molar-refractivity contribution >= 4 is 50.7 Å². The zero-order chi connectivity index (χ0) is 14.9. The molecular formula is C14H13BrCl2N2O. The molecule has 1 N–H and O–H groups in total. The Morgan fingerprint density at radius 3 is 2.35 bits per heavy atom. The lowest BCUT2D eigenvalue weighted by Crippen LogP contribution is -2.17. The van der Waals surface area contributed by atoms with E-state index in [2.05, 4.69) is 21.2 Å². The van der Waals surface area contributed by atoms with Crippen molar-refractivity contribution in [2.24, 2.45) is 0 Å². The first-order valence-corrected chi connectivity index (χ1v) is 7.56. The zero-order valence-corrected chi connectivity index (χ0v) is 14.1. The highest BCUT2D eigenvalue weighted by molar-refractivity contribution is 9.10. The number of hydrogen-bond acceptors (Lipinski definition) is 1. The minimum atomic E-state index is -0.206. The summed E-state index contributed by atoms with van der Waals surface area (Å²) in [6.07, 6.45) is 1.88. The highest BCUT2D eigenvalue weighted by Crippen LogP contribution is 2.24. The quantitative estimate of drug-likeness (QED) is 0.766. The van der Waals surface area contributed by atoms with E-state index in [1.54, 1.807) is 24.3 Å². The van der Waals surface area contributed by atoms with Gasteiger partial charge in [-0.25, -0.2) is 0 Å². The largest absolute Gasteiger partial charge is 0.340 e. The molecule has 6 heteroatoms. The maximum atomic E-state index is 12.3. The Morgan fingerprint density at radius 1 is 1.20 bits per heavy atom. The lowest BCUT2D eigenvalue weighted by molar-refractivity contribution is 0.101. The summed E-state index contributed by atoms with van der Waals surface area (Å²) in [5, 5.41) is 3.76. The Morgan fingerprint density at radius 2 is 1.80 bits per heavy atom. The van der Waals surface area contributed by atoms with Crippen LogP contribution >= 0.6 is 39.1 Å². The molecule has 2 aromatic rings. The summed E-state index contributed by atoms with van der Waals surface area (Å²) in [5.74, 6) is -0.206. The molecule has 20 heavy (non-hydrogen) atoms. The molecule has 0 fully saturated rings. The number of benzene rings is 1. The SMILES string of the molecule is CC(C)n1cc(Br)cc1C(=O)Nc1cc(Cl)cc(Cl)c1. The number of carbonyl (C=O) groups is 1. The molecule has 0 aliphatic heterocycles. The average molecular weight is 376 g/mol. The molecule has 0 saturated carbocycles. The van der Waals surface area contributed by atoms with E-state index in [1.165, 1.54) is 0 Å². The van der Waals surface area contributed by atoms with Gasteiger partial charge in [-0.3, -0.25) is 4.79 Å². The lowest BCUT2D eigenvalue weighted by Gasteiger charge is -2.13. The van der Waals surface area contributed by atoms with E-state index in [-0.39, 0.29) is 11.9 Å². The standard InChI is InChI=1S/C14H13BrCl2N2O/c1-8(2)19-7-9(15)3-13(19)14(20)18-12-5-10(16)4-11(17)6-12/h3-8H,1-2H3,(H,18,20). The highest BCUT2D eigenvalue weighted by Gasteiger charge is 2.15. The second-order valence-electron chi connectivity index (χ2n) is 4.66. The minimum absolute atomic E-state index is 0.185. The number of hydrogen-bond donors (Lipinski definition) is 1. The van der Waals surface area contributed by atoms with E-state index in [9.17, 15) is 4.79 Å². The van der Waals surface area contributed by atoms with Gasteiger partial charge in [-0.05, 0) is 54.0 Å². The van der Waals surface area contributed by atoms with E-state index in [0.29, 0.717) is 21.4 Å².